The van der Waals surface area contributed by atoms with Crippen LogP contribution in [-0.4, -0.2) is 68.9 Å². The van der Waals surface area contributed by atoms with E-state index in [1.165, 1.54) is 12.0 Å². The summed E-state index contributed by atoms with van der Waals surface area (Å²) in [6.45, 7) is 4.30. The van der Waals surface area contributed by atoms with Crippen LogP contribution in [0.2, 0.25) is 0 Å². The van der Waals surface area contributed by atoms with Crippen molar-refractivity contribution in [2.24, 2.45) is 10.9 Å². The van der Waals surface area contributed by atoms with Gasteiger partial charge in [-0.15, -0.1) is 0 Å². The minimum absolute atomic E-state index is 0.0939. The van der Waals surface area contributed by atoms with Crippen molar-refractivity contribution in [1.82, 2.24) is 15.5 Å². The van der Waals surface area contributed by atoms with Gasteiger partial charge in [0.15, 0.2) is 5.96 Å². The molecular formula is C14H25F3N4O2. The Kier molecular flexibility index (Phi) is 7.60. The molecule has 1 aliphatic rings. The number of guanidine groups is 1. The fourth-order valence-electron chi connectivity index (χ4n) is 2.36. The van der Waals surface area contributed by atoms with Crippen LogP contribution in [0.1, 0.15) is 20.3 Å². The second-order valence-electron chi connectivity index (χ2n) is 5.62. The molecule has 0 aromatic carbocycles. The Hall–Kier alpha value is -1.51. The summed E-state index contributed by atoms with van der Waals surface area (Å²) in [7, 11) is 1.32. The van der Waals surface area contributed by atoms with Crippen molar-refractivity contribution >= 4 is 11.9 Å². The first kappa shape index (κ1) is 19.5. The summed E-state index contributed by atoms with van der Waals surface area (Å²) in [5.74, 6) is -0.218. The number of carbonyl (C=O) groups excluding carboxylic acids is 1. The predicted octanol–water partition coefficient (Wildman–Crippen LogP) is 0.987. The second kappa shape index (κ2) is 8.95. The number of likely N-dealkylation sites (tertiary alicyclic amines) is 1. The van der Waals surface area contributed by atoms with Crippen molar-refractivity contribution < 1.29 is 22.7 Å². The summed E-state index contributed by atoms with van der Waals surface area (Å²) in [6, 6.07) is -0.0939. The third-order valence-electron chi connectivity index (χ3n) is 3.49. The molecule has 1 fully saturated rings. The number of hydrogen-bond donors (Lipinski definition) is 2. The molecule has 0 bridgehead atoms. The van der Waals surface area contributed by atoms with Gasteiger partial charge in [-0.3, -0.25) is 14.7 Å². The number of halogens is 3. The largest absolute Gasteiger partial charge is 0.469 e. The lowest BCUT2D eigenvalue weighted by Crippen LogP contribution is -2.45. The number of esters is 1. The molecule has 134 valence electrons. The molecule has 1 saturated heterocycles. The number of hydrogen-bond acceptors (Lipinski definition) is 4. The fourth-order valence-corrected chi connectivity index (χ4v) is 2.36. The molecule has 0 radical (unpaired) electrons. The maximum Gasteiger partial charge on any atom is 0.401 e. The quantitative estimate of drug-likeness (QED) is 0.429. The topological polar surface area (TPSA) is 66.0 Å². The molecule has 1 aliphatic heterocycles. The highest BCUT2D eigenvalue weighted by molar-refractivity contribution is 5.80. The van der Waals surface area contributed by atoms with Crippen LogP contribution in [0.25, 0.3) is 0 Å². The van der Waals surface area contributed by atoms with Gasteiger partial charge < -0.3 is 15.4 Å². The van der Waals surface area contributed by atoms with Gasteiger partial charge in [0.25, 0.3) is 0 Å². The van der Waals surface area contributed by atoms with Gasteiger partial charge in [0, 0.05) is 25.7 Å². The predicted molar refractivity (Wildman–Crippen MR) is 81.2 cm³/mol. The van der Waals surface area contributed by atoms with Gasteiger partial charge in [-0.25, -0.2) is 0 Å². The fraction of sp³-hybridized carbons (Fsp3) is 0.857. The van der Waals surface area contributed by atoms with Gasteiger partial charge in [-0.05, 0) is 13.3 Å². The van der Waals surface area contributed by atoms with Gasteiger partial charge in [0.2, 0.25) is 0 Å². The van der Waals surface area contributed by atoms with Crippen LogP contribution in [0.4, 0.5) is 13.2 Å². The van der Waals surface area contributed by atoms with E-state index in [1.54, 1.807) is 6.92 Å². The van der Waals surface area contributed by atoms with E-state index in [0.29, 0.717) is 32.0 Å². The first-order valence-corrected chi connectivity index (χ1v) is 7.67. The Morgan fingerprint density at radius 2 is 2.17 bits per heavy atom. The smallest absolute Gasteiger partial charge is 0.401 e. The van der Waals surface area contributed by atoms with E-state index < -0.39 is 12.7 Å². The first-order chi connectivity index (χ1) is 10.7. The second-order valence-corrected chi connectivity index (χ2v) is 5.62. The Morgan fingerprint density at radius 1 is 1.48 bits per heavy atom. The van der Waals surface area contributed by atoms with Crippen molar-refractivity contribution in [1.29, 1.82) is 0 Å². The van der Waals surface area contributed by atoms with E-state index in [-0.39, 0.29) is 24.5 Å². The number of rotatable bonds is 6. The van der Waals surface area contributed by atoms with E-state index in [0.717, 1.165) is 0 Å². The average Bonchev–Trinajstić information content (AvgIpc) is 2.88. The van der Waals surface area contributed by atoms with Crippen LogP contribution in [0.15, 0.2) is 4.99 Å². The van der Waals surface area contributed by atoms with Crippen LogP contribution in [-0.2, 0) is 9.53 Å². The molecule has 0 aromatic heterocycles. The van der Waals surface area contributed by atoms with Crippen molar-refractivity contribution in [3.8, 4) is 0 Å². The maximum absolute atomic E-state index is 12.4. The molecule has 9 heteroatoms. The normalized spacial score (nSPS) is 21.1. The number of aliphatic imine (C=N–C) groups is 1. The van der Waals surface area contributed by atoms with E-state index in [9.17, 15) is 18.0 Å². The minimum Gasteiger partial charge on any atom is -0.469 e. The molecule has 1 rings (SSSR count). The highest BCUT2D eigenvalue weighted by atomic mass is 19.4. The van der Waals surface area contributed by atoms with Gasteiger partial charge >= 0.3 is 12.1 Å². The molecule has 0 amide bonds. The van der Waals surface area contributed by atoms with Crippen LogP contribution >= 0.6 is 0 Å². The Bertz CT molecular complexity index is 415. The third kappa shape index (κ3) is 7.54. The molecule has 0 saturated carbocycles. The van der Waals surface area contributed by atoms with Crippen LogP contribution in [0.3, 0.4) is 0 Å². The zero-order chi connectivity index (χ0) is 17.5. The number of ether oxygens (including phenoxy) is 1. The summed E-state index contributed by atoms with van der Waals surface area (Å²) < 4.78 is 41.8. The maximum atomic E-state index is 12.4. The van der Waals surface area contributed by atoms with Crippen molar-refractivity contribution in [2.75, 3.05) is 39.8 Å². The van der Waals surface area contributed by atoms with Gasteiger partial charge in [0.05, 0.1) is 26.1 Å². The lowest BCUT2D eigenvalue weighted by molar-refractivity contribution is -0.144. The lowest BCUT2D eigenvalue weighted by atomic mass is 10.2. The molecule has 1 heterocycles. The summed E-state index contributed by atoms with van der Waals surface area (Å²) >= 11 is 0. The molecule has 23 heavy (non-hydrogen) atoms. The van der Waals surface area contributed by atoms with Crippen LogP contribution in [0, 0.1) is 5.92 Å². The average molecular weight is 338 g/mol. The SMILES string of the molecule is CCNC(=NCC(C)C(=O)OC)NC1CCN(CC(F)(F)F)C1. The number of carbonyl (C=O) groups is 1. The summed E-state index contributed by atoms with van der Waals surface area (Å²) in [6.07, 6.45) is -3.56. The standard InChI is InChI=1S/C14H25F3N4O2/c1-4-18-13(19-7-10(2)12(22)23-3)20-11-5-6-21(8-11)9-14(15,16)17/h10-11H,4-9H2,1-3H3,(H2,18,19,20). The Balaban J connectivity index is 2.51. The molecule has 6 nitrogen and oxygen atoms in total. The molecule has 0 aromatic rings. The number of alkyl halides is 3. The minimum atomic E-state index is -4.18. The molecule has 0 aliphatic carbocycles. The Morgan fingerprint density at radius 3 is 2.74 bits per heavy atom. The number of nitrogens with one attached hydrogen (secondary N) is 2. The van der Waals surface area contributed by atoms with E-state index in [4.69, 9.17) is 0 Å². The Labute approximate surface area is 134 Å². The molecule has 2 unspecified atom stereocenters. The molecule has 0 spiro atoms. The zero-order valence-corrected chi connectivity index (χ0v) is 13.7. The van der Waals surface area contributed by atoms with Gasteiger partial charge in [-0.1, -0.05) is 6.92 Å². The van der Waals surface area contributed by atoms with Crippen LogP contribution in [0.5, 0.6) is 0 Å². The summed E-state index contributed by atoms with van der Waals surface area (Å²) in [5, 5.41) is 6.15. The zero-order valence-electron chi connectivity index (χ0n) is 13.7. The molecule has 2 N–H and O–H groups in total. The summed E-state index contributed by atoms with van der Waals surface area (Å²) in [4.78, 5) is 17.0. The third-order valence-corrected chi connectivity index (χ3v) is 3.49. The van der Waals surface area contributed by atoms with Crippen molar-refractivity contribution in [3.63, 3.8) is 0 Å². The van der Waals surface area contributed by atoms with E-state index in [2.05, 4.69) is 20.4 Å². The molecular weight excluding hydrogens is 313 g/mol. The van der Waals surface area contributed by atoms with Crippen molar-refractivity contribution in [2.45, 2.75) is 32.5 Å². The highest BCUT2D eigenvalue weighted by Crippen LogP contribution is 2.19. The summed E-state index contributed by atoms with van der Waals surface area (Å²) in [5.41, 5.74) is 0. The van der Waals surface area contributed by atoms with E-state index in [1.807, 2.05) is 6.92 Å². The molecule has 2 atom stereocenters. The van der Waals surface area contributed by atoms with E-state index >= 15 is 0 Å². The highest BCUT2D eigenvalue weighted by Gasteiger charge is 2.34. The van der Waals surface area contributed by atoms with Gasteiger partial charge in [-0.2, -0.15) is 13.2 Å². The van der Waals surface area contributed by atoms with Crippen molar-refractivity contribution in [3.05, 3.63) is 0 Å². The lowest BCUT2D eigenvalue weighted by Gasteiger charge is -2.20. The van der Waals surface area contributed by atoms with Gasteiger partial charge in [0.1, 0.15) is 0 Å². The first-order valence-electron chi connectivity index (χ1n) is 7.67. The van der Waals surface area contributed by atoms with Crippen LogP contribution < -0.4 is 10.6 Å². The number of nitrogens with zero attached hydrogens (tertiary/aromatic N) is 2. The number of methoxy groups -OCH3 is 1. The monoisotopic (exact) mass is 338 g/mol.